The van der Waals surface area contributed by atoms with Gasteiger partial charge in [-0.05, 0) is 43.3 Å². The minimum atomic E-state index is -3.71. The molecule has 7 heteroatoms. The van der Waals surface area contributed by atoms with Gasteiger partial charge in [-0.25, -0.2) is 8.42 Å². The highest BCUT2D eigenvalue weighted by atomic mass is 35.7. The van der Waals surface area contributed by atoms with Gasteiger partial charge in [0.25, 0.3) is 9.05 Å². The molecule has 0 amide bonds. The van der Waals surface area contributed by atoms with Crippen LogP contribution in [0.25, 0.3) is 10.9 Å². The summed E-state index contributed by atoms with van der Waals surface area (Å²) >= 11 is 0. The van der Waals surface area contributed by atoms with Crippen LogP contribution in [0.3, 0.4) is 0 Å². The van der Waals surface area contributed by atoms with Crippen LogP contribution in [0.2, 0.25) is 0 Å². The molecule has 3 aromatic rings. The zero-order valence-corrected chi connectivity index (χ0v) is 15.2. The lowest BCUT2D eigenvalue weighted by Gasteiger charge is -2.10. The van der Waals surface area contributed by atoms with Crippen molar-refractivity contribution in [1.82, 2.24) is 4.98 Å². The first-order valence-corrected chi connectivity index (χ1v) is 9.27. The van der Waals surface area contributed by atoms with E-state index < -0.39 is 9.05 Å². The fourth-order valence-corrected chi connectivity index (χ4v) is 3.14. The molecule has 0 aliphatic rings. The van der Waals surface area contributed by atoms with Crippen LogP contribution in [-0.2, 0) is 15.7 Å². The zero-order chi connectivity index (χ0) is 16.4. The molecule has 0 atom stereocenters. The van der Waals surface area contributed by atoms with Crippen molar-refractivity contribution in [3.8, 4) is 5.75 Å². The molecule has 0 bridgehead atoms. The van der Waals surface area contributed by atoms with Crippen LogP contribution >= 0.6 is 23.1 Å². The molecule has 0 saturated carbocycles. The molecule has 0 aliphatic carbocycles. The number of aromatic nitrogens is 1. The second-order valence-electron chi connectivity index (χ2n) is 5.14. The SMILES string of the molecule is Cc1cc(COc2ccc(S(=O)(=O)Cl)cc2)c2ccccc2n1.Cl. The average Bonchev–Trinajstić information content (AvgIpc) is 2.52. The number of halogens is 2. The van der Waals surface area contributed by atoms with E-state index in [9.17, 15) is 8.42 Å². The molecule has 0 fully saturated rings. The van der Waals surface area contributed by atoms with Crippen molar-refractivity contribution in [3.05, 3.63) is 65.9 Å². The molecule has 2 aromatic carbocycles. The normalized spacial score (nSPS) is 11.1. The molecule has 1 heterocycles. The van der Waals surface area contributed by atoms with E-state index in [1.807, 2.05) is 37.3 Å². The Balaban J connectivity index is 0.00000208. The monoisotopic (exact) mass is 383 g/mol. The van der Waals surface area contributed by atoms with Crippen LogP contribution < -0.4 is 4.74 Å². The molecular weight excluding hydrogens is 369 g/mol. The molecule has 0 aliphatic heterocycles. The van der Waals surface area contributed by atoms with Crippen molar-refractivity contribution in [3.63, 3.8) is 0 Å². The molecule has 4 nitrogen and oxygen atoms in total. The fraction of sp³-hybridized carbons (Fsp3) is 0.118. The van der Waals surface area contributed by atoms with Gasteiger partial charge >= 0.3 is 0 Å². The van der Waals surface area contributed by atoms with Gasteiger partial charge in [0.2, 0.25) is 0 Å². The topological polar surface area (TPSA) is 56.3 Å². The van der Waals surface area contributed by atoms with E-state index in [2.05, 4.69) is 4.98 Å². The highest BCUT2D eigenvalue weighted by molar-refractivity contribution is 8.13. The van der Waals surface area contributed by atoms with Crippen molar-refractivity contribution in [2.24, 2.45) is 0 Å². The number of fused-ring (bicyclic) bond motifs is 1. The summed E-state index contributed by atoms with van der Waals surface area (Å²) in [7, 11) is 1.58. The van der Waals surface area contributed by atoms with Gasteiger partial charge in [-0.2, -0.15) is 0 Å². The van der Waals surface area contributed by atoms with E-state index in [0.29, 0.717) is 12.4 Å². The van der Waals surface area contributed by atoms with Crippen LogP contribution in [0, 0.1) is 6.92 Å². The summed E-state index contributed by atoms with van der Waals surface area (Å²) in [5.74, 6) is 0.576. The third-order valence-electron chi connectivity index (χ3n) is 3.43. The summed E-state index contributed by atoms with van der Waals surface area (Å²) < 4.78 is 28.2. The van der Waals surface area contributed by atoms with Crippen molar-refractivity contribution >= 4 is 43.0 Å². The van der Waals surface area contributed by atoms with Gasteiger partial charge in [0.1, 0.15) is 12.4 Å². The van der Waals surface area contributed by atoms with Crippen LogP contribution in [0.1, 0.15) is 11.3 Å². The summed E-state index contributed by atoms with van der Waals surface area (Å²) in [5.41, 5.74) is 2.88. The number of benzene rings is 2. The lowest BCUT2D eigenvalue weighted by molar-refractivity contribution is 0.307. The van der Waals surface area contributed by atoms with Crippen molar-refractivity contribution in [2.75, 3.05) is 0 Å². The fourth-order valence-electron chi connectivity index (χ4n) is 2.37. The first-order chi connectivity index (χ1) is 10.9. The Morgan fingerprint density at radius 3 is 2.42 bits per heavy atom. The van der Waals surface area contributed by atoms with Gasteiger partial charge < -0.3 is 4.74 Å². The molecular formula is C17H15Cl2NO3S. The number of hydrogen-bond donors (Lipinski definition) is 0. The smallest absolute Gasteiger partial charge is 0.261 e. The average molecular weight is 384 g/mol. The molecule has 126 valence electrons. The number of nitrogens with zero attached hydrogens (tertiary/aromatic N) is 1. The lowest BCUT2D eigenvalue weighted by atomic mass is 10.1. The second-order valence-corrected chi connectivity index (χ2v) is 7.70. The lowest BCUT2D eigenvalue weighted by Crippen LogP contribution is -1.99. The van der Waals surface area contributed by atoms with Gasteiger partial charge in [-0.15, -0.1) is 12.4 Å². The van der Waals surface area contributed by atoms with Gasteiger partial charge in [-0.3, -0.25) is 4.98 Å². The minimum Gasteiger partial charge on any atom is -0.489 e. The maximum atomic E-state index is 11.2. The van der Waals surface area contributed by atoms with E-state index in [-0.39, 0.29) is 17.3 Å². The quantitative estimate of drug-likeness (QED) is 0.623. The third-order valence-corrected chi connectivity index (χ3v) is 4.80. The van der Waals surface area contributed by atoms with Gasteiger partial charge in [0, 0.05) is 27.3 Å². The van der Waals surface area contributed by atoms with Crippen LogP contribution in [-0.4, -0.2) is 13.4 Å². The Morgan fingerprint density at radius 1 is 1.08 bits per heavy atom. The Morgan fingerprint density at radius 2 is 1.75 bits per heavy atom. The molecule has 0 N–H and O–H groups in total. The summed E-state index contributed by atoms with van der Waals surface area (Å²) in [6.07, 6.45) is 0. The minimum absolute atomic E-state index is 0. The van der Waals surface area contributed by atoms with Crippen molar-refractivity contribution in [1.29, 1.82) is 0 Å². The highest BCUT2D eigenvalue weighted by Gasteiger charge is 2.10. The Kier molecular flexibility index (Phi) is 5.70. The van der Waals surface area contributed by atoms with Gasteiger partial charge in [-0.1, -0.05) is 18.2 Å². The number of para-hydroxylation sites is 1. The predicted octanol–water partition coefficient (Wildman–Crippen LogP) is 4.47. The molecule has 0 saturated heterocycles. The third kappa shape index (κ3) is 4.17. The van der Waals surface area contributed by atoms with Gasteiger partial charge in [0.15, 0.2) is 0 Å². The maximum absolute atomic E-state index is 11.2. The number of aryl methyl sites for hydroxylation is 1. The van der Waals surface area contributed by atoms with E-state index in [4.69, 9.17) is 15.4 Å². The number of rotatable bonds is 4. The van der Waals surface area contributed by atoms with E-state index in [0.717, 1.165) is 22.2 Å². The van der Waals surface area contributed by atoms with Crippen LogP contribution in [0.4, 0.5) is 0 Å². The molecule has 0 unspecified atom stereocenters. The van der Waals surface area contributed by atoms with E-state index in [1.54, 1.807) is 12.1 Å². The van der Waals surface area contributed by atoms with E-state index in [1.165, 1.54) is 12.1 Å². The summed E-state index contributed by atoms with van der Waals surface area (Å²) in [6.45, 7) is 2.31. The molecule has 1 aromatic heterocycles. The molecule has 0 spiro atoms. The van der Waals surface area contributed by atoms with Crippen molar-refractivity contribution in [2.45, 2.75) is 18.4 Å². The predicted molar refractivity (Wildman–Crippen MR) is 97.5 cm³/mol. The van der Waals surface area contributed by atoms with E-state index >= 15 is 0 Å². The van der Waals surface area contributed by atoms with Crippen LogP contribution in [0.5, 0.6) is 5.75 Å². The first kappa shape index (κ1) is 18.5. The largest absolute Gasteiger partial charge is 0.489 e. The Hall–Kier alpha value is -1.82. The summed E-state index contributed by atoms with van der Waals surface area (Å²) in [4.78, 5) is 4.55. The number of hydrogen-bond acceptors (Lipinski definition) is 4. The van der Waals surface area contributed by atoms with Crippen molar-refractivity contribution < 1.29 is 13.2 Å². The number of pyridine rings is 1. The first-order valence-electron chi connectivity index (χ1n) is 6.96. The Labute approximate surface area is 151 Å². The molecule has 0 radical (unpaired) electrons. The summed E-state index contributed by atoms with van der Waals surface area (Å²) in [5, 5.41) is 1.04. The summed E-state index contributed by atoms with van der Waals surface area (Å²) in [6, 6.07) is 15.9. The zero-order valence-electron chi connectivity index (χ0n) is 12.8. The maximum Gasteiger partial charge on any atom is 0.261 e. The molecule has 24 heavy (non-hydrogen) atoms. The standard InChI is InChI=1S/C17H14ClNO3S.ClH/c1-12-10-13(16-4-2-3-5-17(16)19-12)11-22-14-6-8-15(9-7-14)23(18,20)21;/h2-10H,11H2,1H3;1H. The molecule has 3 rings (SSSR count). The Bertz CT molecular complexity index is 957. The van der Waals surface area contributed by atoms with Gasteiger partial charge in [0.05, 0.1) is 10.4 Å². The number of ether oxygens (including phenoxy) is 1. The second kappa shape index (κ2) is 7.38. The van der Waals surface area contributed by atoms with Crippen LogP contribution in [0.15, 0.2) is 59.5 Å². The highest BCUT2D eigenvalue weighted by Crippen LogP contribution is 2.22.